The standard InChI is InChI=1S/C13H10N2O3.Hg/c16-13(10-14-8-2-1-3-9-14)11-4-6-12(7-5-11)15(17)18;/h1-10H;/q+1;. The second-order valence-electron chi connectivity index (χ2n) is 4.01. The fourth-order valence-corrected chi connectivity index (χ4v) is 3.56. The van der Waals surface area contributed by atoms with Crippen molar-refractivity contribution in [3.05, 3.63) is 70.5 Å². The van der Waals surface area contributed by atoms with Crippen LogP contribution < -0.4 is 4.57 Å². The molecule has 2 rings (SSSR count). The average Bonchev–Trinajstić information content (AvgIpc) is 2.46. The Hall–Kier alpha value is -1.62. The van der Waals surface area contributed by atoms with Gasteiger partial charge in [0.15, 0.2) is 0 Å². The van der Waals surface area contributed by atoms with Gasteiger partial charge in [-0.05, 0) is 0 Å². The van der Waals surface area contributed by atoms with E-state index in [-0.39, 0.29) is 41.1 Å². The molecule has 6 heteroatoms. The molecule has 0 N–H and O–H groups in total. The summed E-state index contributed by atoms with van der Waals surface area (Å²) < 4.78 is 1.73. The third-order valence-corrected chi connectivity index (χ3v) is 5.84. The Morgan fingerprint density at radius 3 is 2.26 bits per heavy atom. The summed E-state index contributed by atoms with van der Waals surface area (Å²) in [5.74, 6) is 0.00873. The molecule has 2 aromatic rings. The molecule has 0 aliphatic heterocycles. The minimum absolute atomic E-state index is 0.00119. The molecule has 0 radical (unpaired) electrons. The molecule has 1 heterocycles. The van der Waals surface area contributed by atoms with Gasteiger partial charge in [0.25, 0.3) is 0 Å². The summed E-state index contributed by atoms with van der Waals surface area (Å²) in [6.07, 6.45) is 3.72. The molecule has 1 aromatic heterocycles. The zero-order valence-corrected chi connectivity index (χ0v) is 15.6. The molecule has 0 aliphatic carbocycles. The first-order valence-electron chi connectivity index (χ1n) is 5.67. The van der Waals surface area contributed by atoms with Gasteiger partial charge in [-0.1, -0.05) is 0 Å². The third-order valence-electron chi connectivity index (χ3n) is 2.76. The van der Waals surface area contributed by atoms with Crippen molar-refractivity contribution >= 4 is 11.5 Å². The van der Waals surface area contributed by atoms with Gasteiger partial charge >= 0.3 is 126 Å². The van der Waals surface area contributed by atoms with Gasteiger partial charge in [0.05, 0.1) is 0 Å². The Bertz CT molecular complexity index is 599. The van der Waals surface area contributed by atoms with Crippen LogP contribution in [0, 0.1) is 10.1 Å². The molecule has 5 nitrogen and oxygen atoms in total. The van der Waals surface area contributed by atoms with Crippen LogP contribution in [0.25, 0.3) is 0 Å². The predicted molar refractivity (Wildman–Crippen MR) is 63.1 cm³/mol. The van der Waals surface area contributed by atoms with E-state index >= 15 is 0 Å². The number of non-ortho nitro benzene ring substituents is 1. The molecule has 1 aromatic carbocycles. The van der Waals surface area contributed by atoms with Crippen molar-refractivity contribution in [2.75, 3.05) is 0 Å². The van der Waals surface area contributed by atoms with Crippen LogP contribution in [0.3, 0.4) is 0 Å². The summed E-state index contributed by atoms with van der Waals surface area (Å²) in [7, 11) is 0. The number of carbonyl (C=O) groups is 1. The Labute approximate surface area is 126 Å². The number of rotatable bonds is 4. The van der Waals surface area contributed by atoms with Crippen LogP contribution in [-0.4, -0.2) is 10.7 Å². The van der Waals surface area contributed by atoms with Gasteiger partial charge < -0.3 is 0 Å². The van der Waals surface area contributed by atoms with Crippen LogP contribution in [0.15, 0.2) is 54.9 Å². The molecule has 0 spiro atoms. The molecule has 0 saturated heterocycles. The number of carbonyl (C=O) groups excluding carboxylic acids is 1. The number of pyridine rings is 1. The van der Waals surface area contributed by atoms with E-state index in [1.165, 1.54) is 24.3 Å². The van der Waals surface area contributed by atoms with Crippen LogP contribution in [0.1, 0.15) is 13.9 Å². The van der Waals surface area contributed by atoms with E-state index < -0.39 is 4.92 Å². The predicted octanol–water partition coefficient (Wildman–Crippen LogP) is 1.81. The van der Waals surface area contributed by atoms with Crippen molar-refractivity contribution in [2.45, 2.75) is 3.55 Å². The van der Waals surface area contributed by atoms with E-state index in [0.717, 1.165) is 0 Å². The number of hydrogen-bond donors (Lipinski definition) is 0. The summed E-state index contributed by atoms with van der Waals surface area (Å²) >= 11 is 0.219. The number of ketones is 1. The first-order valence-corrected chi connectivity index (χ1v) is 8.84. The zero-order chi connectivity index (χ0) is 13.8. The van der Waals surface area contributed by atoms with E-state index in [4.69, 9.17) is 0 Å². The number of benzene rings is 1. The van der Waals surface area contributed by atoms with Crippen molar-refractivity contribution in [1.29, 1.82) is 0 Å². The summed E-state index contributed by atoms with van der Waals surface area (Å²) in [6.45, 7) is 0. The molecule has 1 atom stereocenters. The number of nitro groups is 1. The maximum atomic E-state index is 12.3. The van der Waals surface area contributed by atoms with E-state index in [9.17, 15) is 14.9 Å². The Morgan fingerprint density at radius 1 is 1.16 bits per heavy atom. The fourth-order valence-electron chi connectivity index (χ4n) is 1.69. The van der Waals surface area contributed by atoms with Crippen molar-refractivity contribution in [3.63, 3.8) is 0 Å². The molecule has 91 valence electrons. The van der Waals surface area contributed by atoms with Crippen LogP contribution in [0.5, 0.6) is 0 Å². The molecule has 0 aliphatic rings. The monoisotopic (exact) mass is 444 g/mol. The van der Waals surface area contributed by atoms with Gasteiger partial charge in [-0.2, -0.15) is 0 Å². The first-order chi connectivity index (χ1) is 9.09. The number of nitrogens with zero attached hydrogens (tertiary/aromatic N) is 2. The van der Waals surface area contributed by atoms with Crippen LogP contribution >= 0.6 is 0 Å². The molecule has 0 amide bonds. The molecular weight excluding hydrogens is 433 g/mol. The molecule has 1 unspecified atom stereocenters. The van der Waals surface area contributed by atoms with Crippen molar-refractivity contribution < 1.29 is 40.4 Å². The first kappa shape index (κ1) is 13.8. The molecule has 19 heavy (non-hydrogen) atoms. The van der Waals surface area contributed by atoms with Crippen LogP contribution in [0.2, 0.25) is 0 Å². The molecular formula is C13H10HgN2O3+. The van der Waals surface area contributed by atoms with Gasteiger partial charge in [0.1, 0.15) is 0 Å². The quantitative estimate of drug-likeness (QED) is 0.238. The van der Waals surface area contributed by atoms with E-state index in [1.54, 1.807) is 0 Å². The third kappa shape index (κ3) is 3.23. The summed E-state index contributed by atoms with van der Waals surface area (Å²) in [5, 5.41) is 10.6. The normalized spacial score (nSPS) is 11.9. The fraction of sp³-hybridized carbons (Fsp3) is 0.0769. The zero-order valence-electron chi connectivity index (χ0n) is 10.1. The van der Waals surface area contributed by atoms with Crippen molar-refractivity contribution in [3.8, 4) is 0 Å². The van der Waals surface area contributed by atoms with E-state index in [1.807, 2.05) is 35.2 Å². The van der Waals surface area contributed by atoms with E-state index in [2.05, 4.69) is 0 Å². The van der Waals surface area contributed by atoms with Gasteiger partial charge in [-0.25, -0.2) is 0 Å². The molecule has 0 fully saturated rings. The number of aromatic nitrogens is 1. The van der Waals surface area contributed by atoms with Gasteiger partial charge in [0, 0.05) is 0 Å². The van der Waals surface area contributed by atoms with Gasteiger partial charge in [-0.3, -0.25) is 0 Å². The van der Waals surface area contributed by atoms with Gasteiger partial charge in [-0.15, -0.1) is 0 Å². The van der Waals surface area contributed by atoms with Crippen LogP contribution in [-0.2, 0) is 26.1 Å². The van der Waals surface area contributed by atoms with Crippen molar-refractivity contribution in [1.82, 2.24) is 0 Å². The topological polar surface area (TPSA) is 64.1 Å². The second-order valence-corrected chi connectivity index (χ2v) is 7.01. The summed E-state index contributed by atoms with van der Waals surface area (Å²) in [5.41, 5.74) is 0.515. The Balaban J connectivity index is 2.22. The number of hydrogen-bond acceptors (Lipinski definition) is 3. The maximum absolute atomic E-state index is 12.3. The number of Topliss-reactive ketones (excluding diaryl/α,β-unsaturated/α-hetero) is 1. The Kier molecular flexibility index (Phi) is 4.37. The van der Waals surface area contributed by atoms with E-state index in [0.29, 0.717) is 5.56 Å². The van der Waals surface area contributed by atoms with Crippen LogP contribution in [0.4, 0.5) is 5.69 Å². The minimum atomic E-state index is -0.470. The number of nitro benzene ring substituents is 1. The summed E-state index contributed by atoms with van der Waals surface area (Å²) in [6, 6.07) is 11.4. The van der Waals surface area contributed by atoms with Crippen molar-refractivity contribution in [2.24, 2.45) is 0 Å². The Morgan fingerprint density at radius 2 is 1.74 bits per heavy atom. The molecule has 0 bridgehead atoms. The summed E-state index contributed by atoms with van der Waals surface area (Å²) in [4.78, 5) is 22.4. The average molecular weight is 443 g/mol. The second kappa shape index (κ2) is 6.01. The van der Waals surface area contributed by atoms with Gasteiger partial charge in [0.2, 0.25) is 0 Å². The SMILES string of the molecule is O=C(c1ccc([N+](=O)[O-])cc1)[CH]([Hg])[n+]1ccccc1. The molecule has 0 saturated carbocycles.